The number of methoxy groups -OCH3 is 2. The maximum atomic E-state index is 14.5. The fourth-order valence-electron chi connectivity index (χ4n) is 5.56. The molecule has 266 valence electrons. The standard InChI is InChI=1S/C33H43F3N2O9S/c1-32(2,3)46-31(40)37-13-12-28(23-8-6-9-25(18-23)47-48(41,42)33(34,35)36)29(21-37)30(39)38(24-10-11-24)20-22-16-26(44-5)19-27(17-22)45-15-7-14-43-4/h6,8-9,16-19,24,28-29H,7,10-15,20-21H2,1-5H3/t28-,29?/m1/s1. The van der Waals surface area contributed by atoms with Gasteiger partial charge >= 0.3 is 21.7 Å². The molecule has 48 heavy (non-hydrogen) atoms. The van der Waals surface area contributed by atoms with Gasteiger partial charge in [-0.25, -0.2) is 4.79 Å². The summed E-state index contributed by atoms with van der Waals surface area (Å²) in [6.45, 7) is 6.58. The molecule has 1 aliphatic heterocycles. The van der Waals surface area contributed by atoms with Crippen molar-refractivity contribution in [1.29, 1.82) is 0 Å². The molecule has 2 amide bonds. The summed E-state index contributed by atoms with van der Waals surface area (Å²) < 4.78 is 89.1. The summed E-state index contributed by atoms with van der Waals surface area (Å²) in [6, 6.07) is 10.6. The highest BCUT2D eigenvalue weighted by Crippen LogP contribution is 2.40. The monoisotopic (exact) mass is 700 g/mol. The van der Waals surface area contributed by atoms with Crippen LogP contribution in [0.4, 0.5) is 18.0 Å². The van der Waals surface area contributed by atoms with Crippen molar-refractivity contribution in [2.45, 2.75) is 76.1 Å². The summed E-state index contributed by atoms with van der Waals surface area (Å²) >= 11 is 0. The Kier molecular flexibility index (Phi) is 11.8. The summed E-state index contributed by atoms with van der Waals surface area (Å²) in [4.78, 5) is 30.9. The second kappa shape index (κ2) is 15.2. The zero-order chi connectivity index (χ0) is 35.3. The SMILES string of the molecule is COCCCOc1cc(CN(C(=O)C2CN(C(=O)OC(C)(C)C)CC[C@@H]2c2cccc(OS(=O)(=O)C(F)(F)F)c2)C2CC2)cc(OC)c1. The van der Waals surface area contributed by atoms with Crippen molar-refractivity contribution in [3.05, 3.63) is 53.6 Å². The number of nitrogens with zero attached hydrogens (tertiary/aromatic N) is 2. The molecule has 2 aromatic carbocycles. The Morgan fingerprint density at radius 2 is 1.67 bits per heavy atom. The topological polar surface area (TPSA) is 121 Å². The van der Waals surface area contributed by atoms with Crippen molar-refractivity contribution in [3.63, 3.8) is 0 Å². The van der Waals surface area contributed by atoms with Crippen molar-refractivity contribution in [1.82, 2.24) is 9.80 Å². The highest BCUT2D eigenvalue weighted by atomic mass is 32.2. The smallest absolute Gasteiger partial charge is 0.497 e. The number of benzene rings is 2. The summed E-state index contributed by atoms with van der Waals surface area (Å²) in [6.07, 6.45) is 1.92. The molecule has 2 fully saturated rings. The first kappa shape index (κ1) is 37.1. The number of hydrogen-bond acceptors (Lipinski definition) is 9. The molecule has 0 N–H and O–H groups in total. The maximum Gasteiger partial charge on any atom is 0.534 e. The number of rotatable bonds is 13. The van der Waals surface area contributed by atoms with Gasteiger partial charge in [0, 0.05) is 51.9 Å². The molecular weight excluding hydrogens is 657 g/mol. The molecule has 15 heteroatoms. The number of carbonyl (C=O) groups is 2. The molecule has 1 saturated heterocycles. The van der Waals surface area contributed by atoms with Gasteiger partial charge in [-0.2, -0.15) is 21.6 Å². The molecular formula is C33H43F3N2O9S. The molecule has 0 radical (unpaired) electrons. The number of alkyl halides is 3. The second-order valence-electron chi connectivity index (χ2n) is 12.9. The predicted octanol–water partition coefficient (Wildman–Crippen LogP) is 5.87. The Labute approximate surface area is 279 Å². The highest BCUT2D eigenvalue weighted by molar-refractivity contribution is 7.88. The van der Waals surface area contributed by atoms with Crippen molar-refractivity contribution in [2.24, 2.45) is 5.92 Å². The van der Waals surface area contributed by atoms with E-state index in [4.69, 9.17) is 18.9 Å². The van der Waals surface area contributed by atoms with Crippen LogP contribution in [0.5, 0.6) is 17.2 Å². The van der Waals surface area contributed by atoms with Crippen LogP contribution in [0.3, 0.4) is 0 Å². The van der Waals surface area contributed by atoms with E-state index in [0.29, 0.717) is 36.7 Å². The Hall–Kier alpha value is -3.72. The minimum Gasteiger partial charge on any atom is -0.497 e. The minimum atomic E-state index is -5.91. The first-order valence-electron chi connectivity index (χ1n) is 15.7. The van der Waals surface area contributed by atoms with Gasteiger partial charge in [0.25, 0.3) is 0 Å². The molecule has 2 aliphatic rings. The van der Waals surface area contributed by atoms with Gasteiger partial charge in [-0.05, 0) is 81.3 Å². The van der Waals surface area contributed by atoms with Gasteiger partial charge in [-0.3, -0.25) is 4.79 Å². The number of likely N-dealkylation sites (tertiary alicyclic amines) is 1. The summed E-state index contributed by atoms with van der Waals surface area (Å²) in [5, 5.41) is 0. The lowest BCUT2D eigenvalue weighted by Crippen LogP contribution is -2.51. The van der Waals surface area contributed by atoms with Crippen LogP contribution >= 0.6 is 0 Å². The van der Waals surface area contributed by atoms with Crippen molar-refractivity contribution in [2.75, 3.05) is 40.5 Å². The van der Waals surface area contributed by atoms with Crippen LogP contribution in [0, 0.1) is 5.92 Å². The summed E-state index contributed by atoms with van der Waals surface area (Å²) in [7, 11) is -2.76. The summed E-state index contributed by atoms with van der Waals surface area (Å²) in [5.74, 6) is -1.05. The Bertz CT molecular complexity index is 1540. The third kappa shape index (κ3) is 9.91. The van der Waals surface area contributed by atoms with E-state index in [0.717, 1.165) is 24.5 Å². The first-order chi connectivity index (χ1) is 22.5. The van der Waals surface area contributed by atoms with E-state index in [1.165, 1.54) is 24.1 Å². The number of halogens is 3. The predicted molar refractivity (Wildman–Crippen MR) is 169 cm³/mol. The second-order valence-corrected chi connectivity index (χ2v) is 14.4. The minimum absolute atomic E-state index is 0.0143. The van der Waals surface area contributed by atoms with E-state index in [1.807, 2.05) is 12.1 Å². The molecule has 2 aromatic rings. The van der Waals surface area contributed by atoms with Gasteiger partial charge in [0.15, 0.2) is 0 Å². The zero-order valence-electron chi connectivity index (χ0n) is 27.7. The van der Waals surface area contributed by atoms with Crippen molar-refractivity contribution in [3.8, 4) is 17.2 Å². The van der Waals surface area contributed by atoms with Gasteiger partial charge < -0.3 is 32.9 Å². The van der Waals surface area contributed by atoms with Gasteiger partial charge in [0.1, 0.15) is 22.8 Å². The van der Waals surface area contributed by atoms with E-state index in [1.54, 1.807) is 44.9 Å². The fourth-order valence-corrected chi connectivity index (χ4v) is 6.02. The van der Waals surface area contributed by atoms with Gasteiger partial charge in [-0.15, -0.1) is 0 Å². The Balaban J connectivity index is 1.65. The van der Waals surface area contributed by atoms with Crippen LogP contribution in [0.2, 0.25) is 0 Å². The Morgan fingerprint density at radius 3 is 2.29 bits per heavy atom. The molecule has 2 atom stereocenters. The quantitative estimate of drug-likeness (QED) is 0.144. The lowest BCUT2D eigenvalue weighted by molar-refractivity contribution is -0.139. The Morgan fingerprint density at radius 1 is 0.958 bits per heavy atom. The number of piperidine rings is 1. The van der Waals surface area contributed by atoms with E-state index in [2.05, 4.69) is 4.18 Å². The maximum absolute atomic E-state index is 14.5. The lowest BCUT2D eigenvalue weighted by atomic mass is 9.79. The third-order valence-electron chi connectivity index (χ3n) is 7.92. The van der Waals surface area contributed by atoms with E-state index >= 15 is 0 Å². The van der Waals surface area contributed by atoms with Gasteiger partial charge in [0.2, 0.25) is 5.91 Å². The largest absolute Gasteiger partial charge is 0.534 e. The molecule has 0 spiro atoms. The molecule has 1 unspecified atom stereocenters. The normalized spacial score (nSPS) is 18.6. The molecule has 0 bridgehead atoms. The molecule has 1 aliphatic carbocycles. The fraction of sp³-hybridized carbons (Fsp3) is 0.576. The average molecular weight is 701 g/mol. The number of carbonyl (C=O) groups excluding carboxylic acids is 2. The average Bonchev–Trinajstić information content (AvgIpc) is 3.85. The van der Waals surface area contributed by atoms with Crippen molar-refractivity contribution >= 4 is 22.1 Å². The highest BCUT2D eigenvalue weighted by Gasteiger charge is 2.49. The molecule has 0 aromatic heterocycles. The van der Waals surface area contributed by atoms with Crippen LogP contribution in [0.25, 0.3) is 0 Å². The van der Waals surface area contributed by atoms with Gasteiger partial charge in [0.05, 0.1) is 19.6 Å². The molecule has 1 heterocycles. The van der Waals surface area contributed by atoms with Crippen LogP contribution in [-0.2, 0) is 30.9 Å². The molecule has 4 rings (SSSR count). The van der Waals surface area contributed by atoms with Gasteiger partial charge in [-0.1, -0.05) is 12.1 Å². The van der Waals surface area contributed by atoms with E-state index in [-0.39, 0.29) is 38.0 Å². The number of ether oxygens (including phenoxy) is 4. The summed E-state index contributed by atoms with van der Waals surface area (Å²) in [5.41, 5.74) is -5.21. The zero-order valence-corrected chi connectivity index (χ0v) is 28.6. The van der Waals surface area contributed by atoms with Crippen LogP contribution in [0.1, 0.15) is 63.5 Å². The lowest BCUT2D eigenvalue weighted by Gasteiger charge is -2.40. The van der Waals surface area contributed by atoms with Crippen LogP contribution in [-0.4, -0.2) is 87.9 Å². The number of hydrogen-bond donors (Lipinski definition) is 0. The third-order valence-corrected chi connectivity index (χ3v) is 8.90. The van der Waals surface area contributed by atoms with E-state index in [9.17, 15) is 31.2 Å². The molecule has 11 nitrogen and oxygen atoms in total. The molecule has 1 saturated carbocycles. The number of amides is 2. The van der Waals surface area contributed by atoms with E-state index < -0.39 is 44.9 Å². The van der Waals surface area contributed by atoms with Crippen LogP contribution < -0.4 is 13.7 Å². The van der Waals surface area contributed by atoms with Crippen molar-refractivity contribution < 1.29 is 54.3 Å². The first-order valence-corrected chi connectivity index (χ1v) is 17.1. The van der Waals surface area contributed by atoms with Crippen LogP contribution in [0.15, 0.2) is 42.5 Å².